The molecular weight excluding hydrogens is 1370 g/mol. The number of hydrogen-bond donors (Lipinski definition) is 0. The van der Waals surface area contributed by atoms with E-state index in [1.54, 1.807) is 0 Å². The molecule has 534 valence electrons. The number of fused-ring (bicyclic) bond motifs is 21. The second kappa shape index (κ2) is 26.1. The van der Waals surface area contributed by atoms with E-state index in [-0.39, 0.29) is 16.2 Å². The lowest BCUT2D eigenvalue weighted by molar-refractivity contribution is 0.661. The lowest BCUT2D eigenvalue weighted by atomic mass is 9.80. The molecule has 0 aliphatic heterocycles. The SMILES string of the molecule is CC1(C)c2ccccc2-c2cc3cc(-c4nc(-c5ccccc5)c5ccccc5n4)ccc3cc21.CC1(C)c2ccccc2-c2ccc3cc(-c4nc(-c5ccccc5)c5c(ccc6ccccc65)n4)ccc3c21.CC1(C)c2ccccc2-c2ccc3cc(-c4nc(-c5ccccc5)c5ccc6ccccc6c5n4)ccc3c21. The van der Waals surface area contributed by atoms with Gasteiger partial charge in [0.1, 0.15) is 0 Å². The molecule has 6 heteroatoms. The number of hydrogen-bond acceptors (Lipinski definition) is 6. The van der Waals surface area contributed by atoms with Crippen molar-refractivity contribution in [1.82, 2.24) is 29.9 Å². The first-order chi connectivity index (χ1) is 55.3. The second-order valence-electron chi connectivity index (χ2n) is 32.0. The van der Waals surface area contributed by atoms with Crippen LogP contribution in [-0.2, 0) is 16.2 Å². The number of benzene rings is 17. The molecular formula is C107H76N6. The number of rotatable bonds is 6. The fraction of sp³-hybridized carbons (Fsp3) is 0.0841. The molecule has 3 aliphatic rings. The van der Waals surface area contributed by atoms with Crippen LogP contribution < -0.4 is 0 Å². The van der Waals surface area contributed by atoms with Gasteiger partial charge < -0.3 is 0 Å². The summed E-state index contributed by atoms with van der Waals surface area (Å²) < 4.78 is 0. The first-order valence-electron chi connectivity index (χ1n) is 39.1. The monoisotopic (exact) mass is 1440 g/mol. The standard InChI is InChI=1S/2C37H26N2.C33H24N2/c1-37(2)32-15-9-8-14-29(32)30-20-17-25-22-26(18-19-27(25)33(30)37)36-38-34(24-11-4-3-5-12-24)31-21-16-23-10-6-7-13-28(23)35(31)39-36;1-37(2)31-15-9-8-14-29(31)30-20-16-25-22-26(17-19-28(25)34(30)37)36-38-32-21-18-23-10-6-7-13-27(23)33(32)35(39-36)24-11-4-3-5-12-24;1-33(2)28-14-8-6-12-25(28)27-19-24-18-23(17-16-22(24)20-29(27)33)32-34-30-15-9-7-13-26(30)31(35-32)21-10-4-3-5-11-21/h2*3-22H,1-2H3;3-20H,1-2H3. The highest BCUT2D eigenvalue weighted by Gasteiger charge is 2.39. The molecule has 17 aromatic carbocycles. The van der Waals surface area contributed by atoms with Crippen LogP contribution in [0.4, 0.5) is 0 Å². The Hall–Kier alpha value is -13.9. The first kappa shape index (κ1) is 67.2. The molecule has 20 aromatic rings. The Morgan fingerprint density at radius 1 is 0.195 bits per heavy atom. The Morgan fingerprint density at radius 2 is 0.593 bits per heavy atom. The van der Waals surface area contributed by atoms with Gasteiger partial charge in [-0.3, -0.25) is 0 Å². The molecule has 0 N–H and O–H groups in total. The van der Waals surface area contributed by atoms with Crippen LogP contribution in [0.2, 0.25) is 0 Å². The molecule has 0 saturated heterocycles. The summed E-state index contributed by atoms with van der Waals surface area (Å²) in [6.07, 6.45) is 0. The van der Waals surface area contributed by atoms with E-state index in [9.17, 15) is 0 Å². The van der Waals surface area contributed by atoms with Gasteiger partial charge in [-0.15, -0.1) is 0 Å². The maximum Gasteiger partial charge on any atom is 0.160 e. The van der Waals surface area contributed by atoms with E-state index >= 15 is 0 Å². The summed E-state index contributed by atoms with van der Waals surface area (Å²) in [7, 11) is 0. The summed E-state index contributed by atoms with van der Waals surface area (Å²) in [4.78, 5) is 30.7. The molecule has 0 amide bonds. The van der Waals surface area contributed by atoms with Gasteiger partial charge >= 0.3 is 0 Å². The lowest BCUT2D eigenvalue weighted by Gasteiger charge is -2.23. The van der Waals surface area contributed by atoms with Gasteiger partial charge in [0.25, 0.3) is 0 Å². The van der Waals surface area contributed by atoms with E-state index in [1.165, 1.54) is 115 Å². The third-order valence-corrected chi connectivity index (χ3v) is 24.3. The van der Waals surface area contributed by atoms with Gasteiger partial charge in [-0.25, -0.2) is 29.9 Å². The van der Waals surface area contributed by atoms with Crippen LogP contribution in [0.1, 0.15) is 74.9 Å². The lowest BCUT2D eigenvalue weighted by Crippen LogP contribution is -2.15. The average Bonchev–Trinajstić information content (AvgIpc) is 1.58. The topological polar surface area (TPSA) is 77.3 Å². The van der Waals surface area contributed by atoms with Crippen molar-refractivity contribution in [3.8, 4) is 101 Å². The summed E-state index contributed by atoms with van der Waals surface area (Å²) in [5.74, 6) is 2.26. The molecule has 3 heterocycles. The second-order valence-corrected chi connectivity index (χ2v) is 32.0. The largest absolute Gasteiger partial charge is 0.228 e. The Balaban J connectivity index is 0.000000107. The molecule has 0 fully saturated rings. The van der Waals surface area contributed by atoms with Gasteiger partial charge in [0.2, 0.25) is 0 Å². The van der Waals surface area contributed by atoms with E-state index in [1.807, 2.05) is 30.3 Å². The van der Waals surface area contributed by atoms with Crippen molar-refractivity contribution in [2.45, 2.75) is 57.8 Å². The minimum Gasteiger partial charge on any atom is -0.228 e. The van der Waals surface area contributed by atoms with Crippen molar-refractivity contribution in [1.29, 1.82) is 0 Å². The van der Waals surface area contributed by atoms with Gasteiger partial charge in [0, 0.05) is 71.2 Å². The third kappa shape index (κ3) is 11.0. The van der Waals surface area contributed by atoms with Crippen LogP contribution in [0.5, 0.6) is 0 Å². The fourth-order valence-corrected chi connectivity index (χ4v) is 18.8. The molecule has 0 bridgehead atoms. The highest BCUT2D eigenvalue weighted by atomic mass is 14.9. The molecule has 0 saturated carbocycles. The quantitative estimate of drug-likeness (QED) is 0.154. The van der Waals surface area contributed by atoms with Crippen LogP contribution in [0, 0.1) is 0 Å². The van der Waals surface area contributed by atoms with Gasteiger partial charge in [-0.05, 0) is 164 Å². The first-order valence-corrected chi connectivity index (χ1v) is 39.1. The predicted molar refractivity (Wildman–Crippen MR) is 471 cm³/mol. The van der Waals surface area contributed by atoms with Crippen molar-refractivity contribution < 1.29 is 0 Å². The Bertz CT molecular complexity index is 7330. The molecule has 0 atom stereocenters. The van der Waals surface area contributed by atoms with Gasteiger partial charge in [0.05, 0.1) is 33.6 Å². The number of para-hydroxylation sites is 1. The smallest absolute Gasteiger partial charge is 0.160 e. The van der Waals surface area contributed by atoms with Gasteiger partial charge in [0.15, 0.2) is 17.5 Å². The summed E-state index contributed by atoms with van der Waals surface area (Å²) in [5.41, 5.74) is 28.6. The van der Waals surface area contributed by atoms with Crippen molar-refractivity contribution in [3.05, 3.63) is 385 Å². The third-order valence-electron chi connectivity index (χ3n) is 24.3. The molecule has 6 nitrogen and oxygen atoms in total. The number of nitrogens with zero attached hydrogens (tertiary/aromatic N) is 6. The van der Waals surface area contributed by atoms with E-state index in [0.717, 1.165) is 106 Å². The summed E-state index contributed by atoms with van der Waals surface area (Å²) in [6.45, 7) is 14.0. The molecule has 3 aromatic heterocycles. The van der Waals surface area contributed by atoms with Crippen molar-refractivity contribution in [3.63, 3.8) is 0 Å². The van der Waals surface area contributed by atoms with Crippen LogP contribution in [0.25, 0.3) is 188 Å². The average molecular weight is 1450 g/mol. The van der Waals surface area contributed by atoms with Crippen LogP contribution >= 0.6 is 0 Å². The number of aromatic nitrogens is 6. The van der Waals surface area contributed by atoms with E-state index in [4.69, 9.17) is 29.9 Å². The zero-order valence-electron chi connectivity index (χ0n) is 63.7. The molecule has 3 aliphatic carbocycles. The normalized spacial score (nSPS) is 13.6. The van der Waals surface area contributed by atoms with Gasteiger partial charge in [-0.2, -0.15) is 0 Å². The fourth-order valence-electron chi connectivity index (χ4n) is 18.8. The molecule has 0 unspecified atom stereocenters. The minimum atomic E-state index is -0.0498. The molecule has 113 heavy (non-hydrogen) atoms. The molecule has 23 rings (SSSR count). The zero-order chi connectivity index (χ0) is 75.8. The Kier molecular flexibility index (Phi) is 15.5. The van der Waals surface area contributed by atoms with E-state index in [0.29, 0.717) is 0 Å². The summed E-state index contributed by atoms with van der Waals surface area (Å²) in [6, 6.07) is 125. The Morgan fingerprint density at radius 3 is 1.18 bits per heavy atom. The van der Waals surface area contributed by atoms with Crippen molar-refractivity contribution >= 4 is 86.6 Å². The van der Waals surface area contributed by atoms with E-state index < -0.39 is 0 Å². The summed E-state index contributed by atoms with van der Waals surface area (Å²) >= 11 is 0. The molecule has 0 spiro atoms. The van der Waals surface area contributed by atoms with Crippen molar-refractivity contribution in [2.75, 3.05) is 0 Å². The van der Waals surface area contributed by atoms with Gasteiger partial charge in [-0.1, -0.05) is 345 Å². The van der Waals surface area contributed by atoms with E-state index in [2.05, 4.69) is 363 Å². The maximum absolute atomic E-state index is 5.22. The zero-order valence-corrected chi connectivity index (χ0v) is 63.7. The highest BCUT2D eigenvalue weighted by Crippen LogP contribution is 2.55. The van der Waals surface area contributed by atoms with Crippen molar-refractivity contribution in [2.24, 2.45) is 0 Å². The highest BCUT2D eigenvalue weighted by molar-refractivity contribution is 6.14. The van der Waals surface area contributed by atoms with Crippen LogP contribution in [-0.4, -0.2) is 29.9 Å². The molecule has 0 radical (unpaired) electrons. The summed E-state index contributed by atoms with van der Waals surface area (Å²) in [5, 5.41) is 15.4. The van der Waals surface area contributed by atoms with Crippen LogP contribution in [0.3, 0.4) is 0 Å². The maximum atomic E-state index is 5.22. The predicted octanol–water partition coefficient (Wildman–Crippen LogP) is 27.6. The Labute approximate surface area is 656 Å². The minimum absolute atomic E-state index is 0.00479. The van der Waals surface area contributed by atoms with Crippen LogP contribution in [0.15, 0.2) is 352 Å².